The number of hydrogen-bond acceptors (Lipinski definition) is 6. The second kappa shape index (κ2) is 9.45. The minimum atomic E-state index is 0.573. The van der Waals surface area contributed by atoms with Gasteiger partial charge in [-0.25, -0.2) is 4.98 Å². The second-order valence-corrected chi connectivity index (χ2v) is 8.47. The quantitative estimate of drug-likeness (QED) is 0.550. The summed E-state index contributed by atoms with van der Waals surface area (Å²) in [5.41, 5.74) is 3.26. The lowest BCUT2D eigenvalue weighted by atomic mass is 10.1. The van der Waals surface area contributed by atoms with Crippen molar-refractivity contribution in [2.45, 2.75) is 19.5 Å². The minimum absolute atomic E-state index is 0.573. The van der Waals surface area contributed by atoms with Gasteiger partial charge in [0.15, 0.2) is 0 Å². The lowest BCUT2D eigenvalue weighted by molar-refractivity contribution is 0.257. The van der Waals surface area contributed by atoms with Gasteiger partial charge < -0.3 is 24.4 Å². The van der Waals surface area contributed by atoms with Gasteiger partial charge in [0.1, 0.15) is 5.75 Å². The Morgan fingerprint density at radius 3 is 2.90 bits per heavy atom. The van der Waals surface area contributed by atoms with E-state index in [0.29, 0.717) is 12.5 Å². The first-order valence-electron chi connectivity index (χ1n) is 10.7. The highest BCUT2D eigenvalue weighted by atomic mass is 16.5. The highest BCUT2D eigenvalue weighted by Crippen LogP contribution is 2.28. The third-order valence-corrected chi connectivity index (χ3v) is 5.44. The van der Waals surface area contributed by atoms with Crippen LogP contribution in [0.1, 0.15) is 12.1 Å². The Morgan fingerprint density at radius 2 is 2.10 bits per heavy atom. The number of imidazole rings is 1. The molecule has 0 radical (unpaired) electrons. The molecule has 1 atom stereocenters. The van der Waals surface area contributed by atoms with Crippen molar-refractivity contribution in [2.75, 3.05) is 52.7 Å². The lowest BCUT2D eigenvalue weighted by Crippen LogP contribution is -2.34. The number of aromatic nitrogens is 3. The van der Waals surface area contributed by atoms with Gasteiger partial charge in [-0.1, -0.05) is 6.07 Å². The van der Waals surface area contributed by atoms with Crippen molar-refractivity contribution in [1.29, 1.82) is 0 Å². The third-order valence-electron chi connectivity index (χ3n) is 5.44. The number of nitrogens with zero attached hydrogens (tertiary/aromatic N) is 5. The van der Waals surface area contributed by atoms with Crippen LogP contribution in [-0.4, -0.2) is 71.7 Å². The van der Waals surface area contributed by atoms with Gasteiger partial charge in [-0.05, 0) is 51.8 Å². The molecule has 0 saturated carbocycles. The lowest BCUT2D eigenvalue weighted by Gasteiger charge is -2.27. The molecule has 160 valence electrons. The fourth-order valence-electron chi connectivity index (χ4n) is 4.08. The molecule has 0 spiro atoms. The number of pyridine rings is 1. The molecular weight excluding hydrogens is 376 g/mol. The summed E-state index contributed by atoms with van der Waals surface area (Å²) in [5, 5.41) is 3.49. The van der Waals surface area contributed by atoms with Gasteiger partial charge in [-0.2, -0.15) is 0 Å². The molecular formula is C23H32N6O. The molecule has 1 aromatic carbocycles. The zero-order chi connectivity index (χ0) is 20.9. The average molecular weight is 409 g/mol. The molecule has 3 heterocycles. The highest BCUT2D eigenvalue weighted by Gasteiger charge is 2.22. The maximum absolute atomic E-state index is 6.05. The smallest absolute Gasteiger partial charge is 0.203 e. The van der Waals surface area contributed by atoms with Gasteiger partial charge >= 0.3 is 0 Å². The van der Waals surface area contributed by atoms with E-state index in [1.165, 1.54) is 0 Å². The van der Waals surface area contributed by atoms with Gasteiger partial charge in [0, 0.05) is 50.9 Å². The van der Waals surface area contributed by atoms with E-state index in [9.17, 15) is 0 Å². The van der Waals surface area contributed by atoms with Gasteiger partial charge in [-0.15, -0.1) is 0 Å². The van der Waals surface area contributed by atoms with Gasteiger partial charge in [0.25, 0.3) is 0 Å². The van der Waals surface area contributed by atoms with Gasteiger partial charge in [0.2, 0.25) is 5.95 Å². The Morgan fingerprint density at radius 1 is 1.20 bits per heavy atom. The molecule has 0 aliphatic carbocycles. The average Bonchev–Trinajstić information content (AvgIpc) is 3.09. The van der Waals surface area contributed by atoms with E-state index >= 15 is 0 Å². The first-order valence-corrected chi connectivity index (χ1v) is 10.7. The van der Waals surface area contributed by atoms with Crippen molar-refractivity contribution in [2.24, 2.45) is 5.92 Å². The van der Waals surface area contributed by atoms with E-state index in [1.54, 1.807) is 0 Å². The zero-order valence-electron chi connectivity index (χ0n) is 18.2. The number of rotatable bonds is 9. The van der Waals surface area contributed by atoms with Crippen molar-refractivity contribution >= 4 is 17.0 Å². The van der Waals surface area contributed by atoms with Crippen LogP contribution >= 0.6 is 0 Å². The maximum Gasteiger partial charge on any atom is 0.203 e. The van der Waals surface area contributed by atoms with Crippen LogP contribution in [0.3, 0.4) is 0 Å². The summed E-state index contributed by atoms with van der Waals surface area (Å²) in [5.74, 6) is 2.45. The summed E-state index contributed by atoms with van der Waals surface area (Å²) in [7, 11) is 6.37. The van der Waals surface area contributed by atoms with Crippen LogP contribution < -0.4 is 10.1 Å². The molecule has 1 aliphatic heterocycles. The molecule has 3 aromatic rings. The van der Waals surface area contributed by atoms with E-state index in [0.717, 1.165) is 67.6 Å². The van der Waals surface area contributed by atoms with Crippen LogP contribution in [-0.2, 0) is 13.1 Å². The number of anilines is 1. The monoisotopic (exact) mass is 408 g/mol. The first kappa shape index (κ1) is 20.6. The van der Waals surface area contributed by atoms with Crippen LogP contribution in [0.25, 0.3) is 11.0 Å². The Kier molecular flexibility index (Phi) is 6.50. The van der Waals surface area contributed by atoms with E-state index in [2.05, 4.69) is 64.0 Å². The zero-order valence-corrected chi connectivity index (χ0v) is 18.2. The highest BCUT2D eigenvalue weighted by molar-refractivity contribution is 5.80. The van der Waals surface area contributed by atoms with Crippen LogP contribution in [0.2, 0.25) is 0 Å². The normalized spacial score (nSPS) is 16.1. The van der Waals surface area contributed by atoms with Crippen LogP contribution in [0.15, 0.2) is 42.6 Å². The number of fused-ring (bicyclic) bond motifs is 3. The molecule has 0 amide bonds. The topological polar surface area (TPSA) is 58.5 Å². The van der Waals surface area contributed by atoms with Crippen LogP contribution in [0.4, 0.5) is 5.95 Å². The molecule has 0 fully saturated rings. The molecule has 0 saturated heterocycles. The fraction of sp³-hybridized carbons (Fsp3) is 0.478. The molecule has 30 heavy (non-hydrogen) atoms. The summed E-state index contributed by atoms with van der Waals surface area (Å²) < 4.78 is 8.35. The Balaban J connectivity index is 1.32. The van der Waals surface area contributed by atoms with Gasteiger partial charge in [0.05, 0.1) is 23.3 Å². The van der Waals surface area contributed by atoms with Crippen LogP contribution in [0, 0.1) is 5.92 Å². The van der Waals surface area contributed by atoms with E-state index < -0.39 is 0 Å². The van der Waals surface area contributed by atoms with Crippen molar-refractivity contribution in [3.8, 4) is 5.75 Å². The standard InChI is InChI=1S/C23H32N6O/c1-27(2)15-18-14-25-23-26-21-9-8-20(13-22(21)29(23)16-18)30-12-6-11-28(3)17-19-7-4-5-10-24-19/h4-5,7-10,13,18H,6,11-12,14-17H2,1-3H3,(H,25,26). The largest absolute Gasteiger partial charge is 0.493 e. The molecule has 1 unspecified atom stereocenters. The van der Waals surface area contributed by atoms with Crippen molar-refractivity contribution in [3.05, 3.63) is 48.3 Å². The molecule has 7 heteroatoms. The minimum Gasteiger partial charge on any atom is -0.493 e. The Hall–Kier alpha value is -2.64. The predicted octanol–water partition coefficient (Wildman–Crippen LogP) is 2.94. The summed E-state index contributed by atoms with van der Waals surface area (Å²) in [6, 6.07) is 12.3. The summed E-state index contributed by atoms with van der Waals surface area (Å²) in [6.07, 6.45) is 2.81. The number of nitrogens with one attached hydrogen (secondary N) is 1. The molecule has 4 rings (SSSR count). The van der Waals surface area contributed by atoms with E-state index in [1.807, 2.05) is 24.4 Å². The summed E-state index contributed by atoms with van der Waals surface area (Å²) in [4.78, 5) is 13.6. The van der Waals surface area contributed by atoms with E-state index in [4.69, 9.17) is 9.72 Å². The van der Waals surface area contributed by atoms with Crippen molar-refractivity contribution in [3.63, 3.8) is 0 Å². The Labute approximate surface area is 178 Å². The molecule has 0 bridgehead atoms. The van der Waals surface area contributed by atoms with Crippen molar-refractivity contribution in [1.82, 2.24) is 24.3 Å². The Bertz CT molecular complexity index is 955. The SMILES string of the molecule is CN(C)CC1CNc2nc3ccc(OCCCN(C)Cc4ccccn4)cc3n2C1. The maximum atomic E-state index is 6.05. The number of hydrogen-bond donors (Lipinski definition) is 1. The second-order valence-electron chi connectivity index (χ2n) is 8.47. The van der Waals surface area contributed by atoms with Crippen molar-refractivity contribution < 1.29 is 4.74 Å². The molecule has 7 nitrogen and oxygen atoms in total. The number of ether oxygens (including phenoxy) is 1. The fourth-order valence-corrected chi connectivity index (χ4v) is 4.08. The van der Waals surface area contributed by atoms with Gasteiger partial charge in [-0.3, -0.25) is 4.98 Å². The molecule has 1 aliphatic rings. The van der Waals surface area contributed by atoms with E-state index in [-0.39, 0.29) is 0 Å². The molecule has 2 aromatic heterocycles. The number of benzene rings is 1. The van der Waals surface area contributed by atoms with Crippen LogP contribution in [0.5, 0.6) is 5.75 Å². The predicted molar refractivity (Wildman–Crippen MR) is 121 cm³/mol. The third kappa shape index (κ3) is 5.09. The summed E-state index contributed by atoms with van der Waals surface area (Å²) in [6.45, 7) is 5.54. The summed E-state index contributed by atoms with van der Waals surface area (Å²) >= 11 is 0. The first-order chi connectivity index (χ1) is 14.6. The molecule has 1 N–H and O–H groups in total.